The molecule has 3 heteroatoms. The Hall–Kier alpha value is -9.28. The van der Waals surface area contributed by atoms with E-state index in [2.05, 4.69) is 290 Å². The smallest absolute Gasteiger partial charge is 0.0740 e. The lowest BCUT2D eigenvalue weighted by Crippen LogP contribution is -2.26. The Kier molecular flexibility index (Phi) is 9.50. The lowest BCUT2D eigenvalue weighted by atomic mass is 9.70. The van der Waals surface area contributed by atoms with Gasteiger partial charge >= 0.3 is 0 Å². The third-order valence-corrected chi connectivity index (χ3v) is 18.5. The van der Waals surface area contributed by atoms with Gasteiger partial charge < -0.3 is 9.47 Å². The van der Waals surface area contributed by atoms with Crippen LogP contribution in [0.5, 0.6) is 0 Å². The molecule has 3 aliphatic carbocycles. The van der Waals surface area contributed by atoms with Crippen LogP contribution >= 0.6 is 11.3 Å². The molecule has 11 aromatic carbocycles. The van der Waals surface area contributed by atoms with Gasteiger partial charge in [-0.1, -0.05) is 220 Å². The Morgan fingerprint density at radius 1 is 0.338 bits per heavy atom. The largest absolute Gasteiger partial charge is 0.310 e. The number of benzene rings is 11. The molecule has 2 heterocycles. The molecule has 2 nitrogen and oxygen atoms in total. The van der Waals surface area contributed by atoms with Gasteiger partial charge in [0.15, 0.2) is 0 Å². The Balaban J connectivity index is 0.966. The summed E-state index contributed by atoms with van der Waals surface area (Å²) in [6, 6.07) is 100. The van der Waals surface area contributed by atoms with E-state index in [1.54, 1.807) is 0 Å². The van der Waals surface area contributed by atoms with Crippen molar-refractivity contribution in [2.75, 3.05) is 4.90 Å². The van der Waals surface area contributed by atoms with Gasteiger partial charge in [0.1, 0.15) is 0 Å². The lowest BCUT2D eigenvalue weighted by Gasteiger charge is -2.33. The quantitative estimate of drug-likeness (QED) is 0.154. The molecular formula is C74H50N2S. The summed E-state index contributed by atoms with van der Waals surface area (Å²) in [6.07, 6.45) is 0. The predicted octanol–water partition coefficient (Wildman–Crippen LogP) is 20.0. The van der Waals surface area contributed by atoms with Crippen molar-refractivity contribution in [3.05, 3.63) is 300 Å². The van der Waals surface area contributed by atoms with Crippen LogP contribution < -0.4 is 4.90 Å². The van der Waals surface area contributed by atoms with Crippen LogP contribution in [-0.4, -0.2) is 4.57 Å². The molecule has 16 rings (SSSR count). The summed E-state index contributed by atoms with van der Waals surface area (Å²) in [7, 11) is 0. The van der Waals surface area contributed by atoms with Crippen molar-refractivity contribution in [2.24, 2.45) is 0 Å². The Labute approximate surface area is 453 Å². The maximum Gasteiger partial charge on any atom is 0.0740 e. The van der Waals surface area contributed by atoms with Crippen molar-refractivity contribution < 1.29 is 0 Å². The van der Waals surface area contributed by atoms with Crippen molar-refractivity contribution in [1.82, 2.24) is 4.57 Å². The number of rotatable bonds is 7. The monoisotopic (exact) mass is 998 g/mol. The van der Waals surface area contributed by atoms with Crippen molar-refractivity contribution in [3.8, 4) is 71.1 Å². The molecule has 2 aromatic heterocycles. The molecular weight excluding hydrogens is 949 g/mol. The van der Waals surface area contributed by atoms with Gasteiger partial charge in [-0.25, -0.2) is 0 Å². The molecule has 0 N–H and O–H groups in total. The predicted molar refractivity (Wildman–Crippen MR) is 324 cm³/mol. The highest BCUT2D eigenvalue weighted by molar-refractivity contribution is 7.19. The van der Waals surface area contributed by atoms with Crippen LogP contribution in [-0.2, 0) is 10.8 Å². The second-order valence-corrected chi connectivity index (χ2v) is 22.5. The number of anilines is 3. The fourth-order valence-corrected chi connectivity index (χ4v) is 15.2. The number of thiophene rings is 1. The van der Waals surface area contributed by atoms with Crippen LogP contribution in [0.15, 0.2) is 267 Å². The first kappa shape index (κ1) is 44.1. The van der Waals surface area contributed by atoms with E-state index in [4.69, 9.17) is 0 Å². The number of hydrogen-bond donors (Lipinski definition) is 0. The molecule has 362 valence electrons. The van der Waals surface area contributed by atoms with E-state index in [0.717, 1.165) is 22.7 Å². The van der Waals surface area contributed by atoms with Gasteiger partial charge in [-0.05, 0) is 144 Å². The Morgan fingerprint density at radius 3 is 1.47 bits per heavy atom. The van der Waals surface area contributed by atoms with E-state index in [-0.39, 0.29) is 5.41 Å². The highest BCUT2D eigenvalue weighted by Gasteiger charge is 2.55. The van der Waals surface area contributed by atoms with Crippen LogP contribution in [0.3, 0.4) is 0 Å². The zero-order valence-corrected chi connectivity index (χ0v) is 43.5. The molecule has 0 aliphatic heterocycles. The first-order chi connectivity index (χ1) is 38.0. The normalized spacial score (nSPS) is 13.8. The summed E-state index contributed by atoms with van der Waals surface area (Å²) in [6.45, 7) is 4.76. The first-order valence-electron chi connectivity index (χ1n) is 26.8. The lowest BCUT2D eigenvalue weighted by molar-refractivity contribution is 0.660. The fraction of sp³-hybridized carbons (Fsp3) is 0.0541. The standard InChI is InChI=1S/C74H50N2S/c1-73(2)62-31-14-9-26-55(62)58-42-40-53(45-65(58)73)75(51-38-36-48(37-39-51)47-20-5-3-6-21-47)54-41-43-61-66(46-54)74(63-32-15-10-27-56(63)57-28-11-16-33-64(57)74)70-69(61)71(49-22-7-4-8-23-49)77-72(70)50-24-19-25-52(44-50)76-67-34-17-12-29-59(67)60-30-13-18-35-68(60)76/h3-46H,1-2H3. The van der Waals surface area contributed by atoms with Crippen LogP contribution in [0.2, 0.25) is 0 Å². The molecule has 0 unspecified atom stereocenters. The van der Waals surface area contributed by atoms with E-state index < -0.39 is 5.41 Å². The Bertz CT molecular complexity index is 4440. The summed E-state index contributed by atoms with van der Waals surface area (Å²) < 4.78 is 2.46. The van der Waals surface area contributed by atoms with E-state index in [9.17, 15) is 0 Å². The zero-order valence-electron chi connectivity index (χ0n) is 42.7. The molecule has 13 aromatic rings. The second kappa shape index (κ2) is 16.6. The minimum Gasteiger partial charge on any atom is -0.310 e. The molecule has 0 fully saturated rings. The average Bonchev–Trinajstić information content (AvgIpc) is 2.77. The molecule has 3 aliphatic rings. The molecule has 1 spiro atoms. The van der Waals surface area contributed by atoms with Crippen molar-refractivity contribution >= 4 is 50.2 Å². The van der Waals surface area contributed by atoms with Crippen LogP contribution in [0, 0.1) is 0 Å². The number of aromatic nitrogens is 1. The van der Waals surface area contributed by atoms with Crippen LogP contribution in [0.4, 0.5) is 17.1 Å². The van der Waals surface area contributed by atoms with Gasteiger partial charge in [-0.2, -0.15) is 0 Å². The SMILES string of the molecule is CC1(C)c2ccccc2-c2ccc(N(c3ccc(-c4ccccc4)cc3)c3ccc4c(c3)C3(c5ccccc5-c5ccccc53)c3c(-c5cccc(-n6c7ccccc7c7ccccc76)c5)sc(-c5ccccc5)c3-4)cc21. The van der Waals surface area contributed by atoms with Crippen molar-refractivity contribution in [3.63, 3.8) is 0 Å². The molecule has 0 atom stereocenters. The van der Waals surface area contributed by atoms with Crippen LogP contribution in [0.1, 0.15) is 47.2 Å². The number of hydrogen-bond acceptors (Lipinski definition) is 2. The minimum atomic E-state index is -0.639. The zero-order chi connectivity index (χ0) is 51.0. The highest BCUT2D eigenvalue weighted by Crippen LogP contribution is 2.68. The van der Waals surface area contributed by atoms with Gasteiger partial charge in [0.2, 0.25) is 0 Å². The summed E-state index contributed by atoms with van der Waals surface area (Å²) in [5.41, 5.74) is 26.8. The molecule has 0 bridgehead atoms. The fourth-order valence-electron chi connectivity index (χ4n) is 13.9. The maximum absolute atomic E-state index is 2.56. The third kappa shape index (κ3) is 6.23. The summed E-state index contributed by atoms with van der Waals surface area (Å²) in [5.74, 6) is 0. The maximum atomic E-state index is 2.56. The number of nitrogens with zero attached hydrogens (tertiary/aromatic N) is 2. The number of para-hydroxylation sites is 2. The van der Waals surface area contributed by atoms with Crippen molar-refractivity contribution in [2.45, 2.75) is 24.7 Å². The van der Waals surface area contributed by atoms with E-state index in [0.29, 0.717) is 0 Å². The van der Waals surface area contributed by atoms with Crippen LogP contribution in [0.25, 0.3) is 92.9 Å². The molecule has 0 saturated carbocycles. The molecule has 77 heavy (non-hydrogen) atoms. The number of fused-ring (bicyclic) bond motifs is 16. The Morgan fingerprint density at radius 2 is 0.818 bits per heavy atom. The van der Waals surface area contributed by atoms with E-state index >= 15 is 0 Å². The van der Waals surface area contributed by atoms with Gasteiger partial charge in [0, 0.05) is 54.3 Å². The molecule has 0 radical (unpaired) electrons. The molecule has 0 saturated heterocycles. The second-order valence-electron chi connectivity index (χ2n) is 21.5. The molecule has 0 amide bonds. The van der Waals surface area contributed by atoms with Crippen molar-refractivity contribution in [1.29, 1.82) is 0 Å². The summed E-state index contributed by atoms with van der Waals surface area (Å²) in [5, 5.41) is 2.52. The van der Waals surface area contributed by atoms with Gasteiger partial charge in [0.25, 0.3) is 0 Å². The van der Waals surface area contributed by atoms with Gasteiger partial charge in [-0.3, -0.25) is 0 Å². The van der Waals surface area contributed by atoms with Gasteiger partial charge in [-0.15, -0.1) is 11.3 Å². The summed E-state index contributed by atoms with van der Waals surface area (Å²) in [4.78, 5) is 5.09. The summed E-state index contributed by atoms with van der Waals surface area (Å²) >= 11 is 1.95. The van der Waals surface area contributed by atoms with E-state index in [1.807, 2.05) is 11.3 Å². The topological polar surface area (TPSA) is 8.17 Å². The first-order valence-corrected chi connectivity index (χ1v) is 27.6. The third-order valence-electron chi connectivity index (χ3n) is 17.2. The highest BCUT2D eigenvalue weighted by atomic mass is 32.1. The van der Waals surface area contributed by atoms with Gasteiger partial charge in [0.05, 0.1) is 16.4 Å². The average molecular weight is 999 g/mol. The minimum absolute atomic E-state index is 0.165. The van der Waals surface area contributed by atoms with E-state index in [1.165, 1.54) is 121 Å².